The molecule has 1 aliphatic heterocycles. The molecule has 1 aromatic rings. The molecule has 5 heteroatoms. The van der Waals surface area contributed by atoms with Crippen LogP contribution in [0.1, 0.15) is 77.1 Å². The van der Waals surface area contributed by atoms with Crippen LogP contribution in [0.25, 0.3) is 0 Å². The van der Waals surface area contributed by atoms with Gasteiger partial charge in [-0.15, -0.1) is 24.8 Å². The fraction of sp³-hybridized carbons (Fsp3) is 0.727. The van der Waals surface area contributed by atoms with Crippen LogP contribution in [0.2, 0.25) is 0 Å². The summed E-state index contributed by atoms with van der Waals surface area (Å²) in [7, 11) is 0. The predicted molar refractivity (Wildman–Crippen MR) is 120 cm³/mol. The fourth-order valence-corrected chi connectivity index (χ4v) is 4.01. The van der Waals surface area contributed by atoms with Crippen molar-refractivity contribution in [2.24, 2.45) is 5.92 Å². The number of hydrogen-bond donors (Lipinski definition) is 2. The third-order valence-corrected chi connectivity index (χ3v) is 5.75. The molecule has 3 rings (SSSR count). The largest absolute Gasteiger partial charge is 0.507 e. The molecule has 3 nitrogen and oxygen atoms in total. The van der Waals surface area contributed by atoms with Gasteiger partial charge in [0.2, 0.25) is 0 Å². The van der Waals surface area contributed by atoms with Gasteiger partial charge in [-0.25, -0.2) is 0 Å². The minimum atomic E-state index is -0.0579. The van der Waals surface area contributed by atoms with Crippen LogP contribution < -0.4 is 5.32 Å². The molecule has 0 unspecified atom stereocenters. The maximum Gasteiger partial charge on any atom is 0.124 e. The lowest BCUT2D eigenvalue weighted by atomic mass is 9.77. The Morgan fingerprint density at radius 3 is 1.96 bits per heavy atom. The third kappa shape index (κ3) is 5.53. The van der Waals surface area contributed by atoms with E-state index in [9.17, 15) is 5.11 Å². The molecule has 0 radical (unpaired) electrons. The molecule has 27 heavy (non-hydrogen) atoms. The summed E-state index contributed by atoms with van der Waals surface area (Å²) in [5.74, 6) is 1.24. The van der Waals surface area contributed by atoms with Crippen molar-refractivity contribution in [2.75, 3.05) is 26.2 Å². The molecule has 1 saturated heterocycles. The smallest absolute Gasteiger partial charge is 0.124 e. The topological polar surface area (TPSA) is 35.5 Å². The van der Waals surface area contributed by atoms with Gasteiger partial charge in [-0.1, -0.05) is 47.6 Å². The normalized spacial score (nSPS) is 19.8. The van der Waals surface area contributed by atoms with E-state index in [1.54, 1.807) is 0 Å². The van der Waals surface area contributed by atoms with E-state index in [4.69, 9.17) is 0 Å². The summed E-state index contributed by atoms with van der Waals surface area (Å²) in [5, 5.41) is 14.7. The molecule has 1 saturated carbocycles. The predicted octanol–water partition coefficient (Wildman–Crippen LogP) is 5.19. The Morgan fingerprint density at radius 1 is 0.963 bits per heavy atom. The lowest BCUT2D eigenvalue weighted by Gasteiger charge is -2.37. The Balaban J connectivity index is 0.00000182. The van der Waals surface area contributed by atoms with Crippen molar-refractivity contribution in [1.82, 2.24) is 10.2 Å². The van der Waals surface area contributed by atoms with Crippen molar-refractivity contribution in [3.8, 4) is 5.75 Å². The average molecular weight is 417 g/mol. The van der Waals surface area contributed by atoms with Gasteiger partial charge in [0.15, 0.2) is 0 Å². The van der Waals surface area contributed by atoms with E-state index in [0.29, 0.717) is 17.7 Å². The minimum absolute atomic E-state index is 0. The van der Waals surface area contributed by atoms with E-state index >= 15 is 0 Å². The van der Waals surface area contributed by atoms with Crippen LogP contribution in [0, 0.1) is 5.92 Å². The Morgan fingerprint density at radius 2 is 1.52 bits per heavy atom. The van der Waals surface area contributed by atoms with Gasteiger partial charge in [-0.2, -0.15) is 0 Å². The summed E-state index contributed by atoms with van der Waals surface area (Å²) in [4.78, 5) is 2.60. The summed E-state index contributed by atoms with van der Waals surface area (Å²) in [6.07, 6.45) is 2.58. The van der Waals surface area contributed by atoms with E-state index in [2.05, 4.69) is 63.9 Å². The maximum absolute atomic E-state index is 11.3. The van der Waals surface area contributed by atoms with Crippen molar-refractivity contribution in [3.05, 3.63) is 28.8 Å². The van der Waals surface area contributed by atoms with Crippen molar-refractivity contribution in [2.45, 2.75) is 71.3 Å². The Bertz CT molecular complexity index is 624. The molecule has 2 N–H and O–H groups in total. The summed E-state index contributed by atoms with van der Waals surface area (Å²) in [6.45, 7) is 17.7. The highest BCUT2D eigenvalue weighted by Gasteiger charge is 2.39. The highest BCUT2D eigenvalue weighted by molar-refractivity contribution is 5.85. The van der Waals surface area contributed by atoms with Crippen LogP contribution in [0.3, 0.4) is 0 Å². The molecule has 1 heterocycles. The summed E-state index contributed by atoms with van der Waals surface area (Å²) >= 11 is 0. The minimum Gasteiger partial charge on any atom is -0.507 e. The van der Waals surface area contributed by atoms with Gasteiger partial charge in [-0.3, -0.25) is 4.90 Å². The molecule has 2 fully saturated rings. The molecule has 1 aromatic carbocycles. The molecule has 0 spiro atoms. The lowest BCUT2D eigenvalue weighted by molar-refractivity contribution is 0.153. The van der Waals surface area contributed by atoms with E-state index in [-0.39, 0.29) is 35.6 Å². The number of hydrogen-bond acceptors (Lipinski definition) is 3. The fourth-order valence-electron chi connectivity index (χ4n) is 4.01. The number of phenolic OH excluding ortho intramolecular Hbond substituents is 1. The molecular formula is C22H38Cl2N2O. The number of piperazine rings is 1. The van der Waals surface area contributed by atoms with Gasteiger partial charge in [0.05, 0.1) is 0 Å². The third-order valence-electron chi connectivity index (χ3n) is 5.75. The summed E-state index contributed by atoms with van der Waals surface area (Å²) < 4.78 is 0. The zero-order valence-electron chi connectivity index (χ0n) is 17.8. The second-order valence-electron chi connectivity index (χ2n) is 10.0. The first-order valence-electron chi connectivity index (χ1n) is 9.91. The number of halogens is 2. The second kappa shape index (κ2) is 8.90. The molecule has 2 aliphatic rings. The van der Waals surface area contributed by atoms with Crippen molar-refractivity contribution < 1.29 is 5.11 Å². The van der Waals surface area contributed by atoms with E-state index in [1.807, 2.05) is 0 Å². The number of nitrogens with zero attached hydrogens (tertiary/aromatic N) is 1. The number of benzene rings is 1. The zero-order chi connectivity index (χ0) is 18.4. The zero-order valence-corrected chi connectivity index (χ0v) is 19.4. The van der Waals surface area contributed by atoms with Gasteiger partial charge >= 0.3 is 0 Å². The standard InChI is InChI=1S/C22H36N2O.2ClH/c1-21(2,3)16-13-17(20(25)18(14-16)22(4,5)6)19(15-7-8-15)24-11-9-23-10-12-24;;/h13-15,19,23,25H,7-12H2,1-6H3;2*1H/t19-;;/m1../s1. The first-order chi connectivity index (χ1) is 11.6. The van der Waals surface area contributed by atoms with Gasteiger partial charge in [0, 0.05) is 37.8 Å². The molecule has 156 valence electrons. The quantitative estimate of drug-likeness (QED) is 0.711. The number of aromatic hydroxyl groups is 1. The Labute approximate surface area is 178 Å². The highest BCUT2D eigenvalue weighted by Crippen LogP contribution is 2.49. The maximum atomic E-state index is 11.3. The van der Waals surface area contributed by atoms with Gasteiger partial charge in [0.1, 0.15) is 5.75 Å². The van der Waals surface area contributed by atoms with Crippen LogP contribution in [0.4, 0.5) is 0 Å². The van der Waals surface area contributed by atoms with Gasteiger partial charge in [0.25, 0.3) is 0 Å². The highest BCUT2D eigenvalue weighted by atomic mass is 35.5. The number of phenols is 1. The lowest BCUT2D eigenvalue weighted by Crippen LogP contribution is -2.45. The number of nitrogens with one attached hydrogen (secondary N) is 1. The monoisotopic (exact) mass is 416 g/mol. The summed E-state index contributed by atoms with van der Waals surface area (Å²) in [5.41, 5.74) is 3.63. The van der Waals surface area contributed by atoms with E-state index < -0.39 is 0 Å². The molecular weight excluding hydrogens is 379 g/mol. The van der Waals surface area contributed by atoms with Gasteiger partial charge < -0.3 is 10.4 Å². The van der Waals surface area contributed by atoms with Crippen molar-refractivity contribution in [3.63, 3.8) is 0 Å². The second-order valence-corrected chi connectivity index (χ2v) is 10.0. The van der Waals surface area contributed by atoms with Crippen LogP contribution in [0.15, 0.2) is 12.1 Å². The molecule has 0 aromatic heterocycles. The Kier molecular flexibility index (Phi) is 8.10. The van der Waals surface area contributed by atoms with Crippen LogP contribution in [-0.2, 0) is 10.8 Å². The Hall–Kier alpha value is -0.480. The van der Waals surface area contributed by atoms with E-state index in [1.165, 1.54) is 24.0 Å². The van der Waals surface area contributed by atoms with Crippen molar-refractivity contribution in [1.29, 1.82) is 0 Å². The van der Waals surface area contributed by atoms with Gasteiger partial charge in [-0.05, 0) is 46.8 Å². The first-order valence-corrected chi connectivity index (χ1v) is 9.91. The SMILES string of the molecule is CC(C)(C)c1cc([C@@H](C2CC2)N2CCNCC2)c(O)c(C(C)(C)C)c1.Cl.Cl. The first kappa shape index (κ1) is 24.6. The average Bonchev–Trinajstić information content (AvgIpc) is 3.33. The van der Waals surface area contributed by atoms with E-state index in [0.717, 1.165) is 31.7 Å². The summed E-state index contributed by atoms with van der Waals surface area (Å²) in [6, 6.07) is 4.90. The number of rotatable bonds is 3. The molecule has 1 aliphatic carbocycles. The van der Waals surface area contributed by atoms with Crippen LogP contribution in [0.5, 0.6) is 5.75 Å². The van der Waals surface area contributed by atoms with Crippen LogP contribution in [-0.4, -0.2) is 36.2 Å². The molecule has 0 bridgehead atoms. The van der Waals surface area contributed by atoms with Crippen LogP contribution >= 0.6 is 24.8 Å². The molecule has 0 amide bonds. The van der Waals surface area contributed by atoms with Crippen molar-refractivity contribution >= 4 is 24.8 Å². The molecule has 1 atom stereocenters.